The molecule has 0 aliphatic heterocycles. The van der Waals surface area contributed by atoms with Gasteiger partial charge in [0.2, 0.25) is 0 Å². The summed E-state index contributed by atoms with van der Waals surface area (Å²) in [4.78, 5) is 10.9. The molecular weight excluding hydrogens is 228 g/mol. The maximum atomic E-state index is 13.6. The molecule has 0 atom stereocenters. The van der Waals surface area contributed by atoms with Crippen molar-refractivity contribution in [2.45, 2.75) is 12.8 Å². The molecule has 0 saturated heterocycles. The van der Waals surface area contributed by atoms with Gasteiger partial charge in [-0.15, -0.1) is 0 Å². The molecule has 5 heteroatoms. The van der Waals surface area contributed by atoms with Gasteiger partial charge in [0, 0.05) is 5.56 Å². The Labute approximate surface area is 98.8 Å². The third-order valence-corrected chi connectivity index (χ3v) is 2.12. The molecule has 0 aromatic heterocycles. The molecule has 94 valence electrons. The van der Waals surface area contributed by atoms with E-state index in [1.807, 2.05) is 0 Å². The van der Waals surface area contributed by atoms with Gasteiger partial charge in [-0.1, -0.05) is 30.3 Å². The number of alkyl halides is 2. The second-order valence-electron chi connectivity index (χ2n) is 3.48. The Morgan fingerprint density at radius 2 is 2.00 bits per heavy atom. The number of esters is 1. The minimum atomic E-state index is -2.99. The number of carbonyl (C=O) groups excluding carboxylic acids is 1. The summed E-state index contributed by atoms with van der Waals surface area (Å²) in [6.45, 7) is 1.11. The molecule has 0 amide bonds. The SMILES string of the molecule is CCOC(=O)CNCC(F)(F)c1ccccc1. The van der Waals surface area contributed by atoms with Crippen LogP contribution in [0.1, 0.15) is 12.5 Å². The number of halogens is 2. The minimum Gasteiger partial charge on any atom is -0.465 e. The van der Waals surface area contributed by atoms with Gasteiger partial charge in [-0.05, 0) is 6.92 Å². The van der Waals surface area contributed by atoms with Crippen molar-refractivity contribution in [3.05, 3.63) is 35.9 Å². The van der Waals surface area contributed by atoms with E-state index in [0.29, 0.717) is 0 Å². The monoisotopic (exact) mass is 243 g/mol. The van der Waals surface area contributed by atoms with Crippen LogP contribution in [0.4, 0.5) is 8.78 Å². The van der Waals surface area contributed by atoms with Crippen molar-refractivity contribution in [2.75, 3.05) is 19.7 Å². The lowest BCUT2D eigenvalue weighted by molar-refractivity contribution is -0.142. The van der Waals surface area contributed by atoms with Gasteiger partial charge in [-0.2, -0.15) is 8.78 Å². The van der Waals surface area contributed by atoms with E-state index in [2.05, 4.69) is 10.1 Å². The quantitative estimate of drug-likeness (QED) is 0.776. The summed E-state index contributed by atoms with van der Waals surface area (Å²) in [5.74, 6) is -3.52. The first kappa shape index (κ1) is 13.6. The maximum Gasteiger partial charge on any atom is 0.319 e. The summed E-state index contributed by atoms with van der Waals surface area (Å²) in [5, 5.41) is 2.38. The summed E-state index contributed by atoms with van der Waals surface area (Å²) in [5.41, 5.74) is -0.0728. The van der Waals surface area contributed by atoms with Crippen molar-refractivity contribution < 1.29 is 18.3 Å². The Bertz CT molecular complexity index is 355. The second kappa shape index (κ2) is 6.30. The molecule has 3 nitrogen and oxygen atoms in total. The average molecular weight is 243 g/mol. The molecule has 0 unspecified atom stereocenters. The molecule has 0 spiro atoms. The van der Waals surface area contributed by atoms with E-state index in [4.69, 9.17) is 0 Å². The summed E-state index contributed by atoms with van der Waals surface area (Å²) < 4.78 is 31.8. The van der Waals surface area contributed by atoms with Crippen molar-refractivity contribution in [3.8, 4) is 0 Å². The molecule has 1 N–H and O–H groups in total. The Balaban J connectivity index is 2.43. The van der Waals surface area contributed by atoms with Crippen LogP contribution < -0.4 is 5.32 Å². The zero-order valence-corrected chi connectivity index (χ0v) is 9.58. The highest BCUT2D eigenvalue weighted by molar-refractivity contribution is 5.71. The Morgan fingerprint density at radius 3 is 2.59 bits per heavy atom. The average Bonchev–Trinajstić information content (AvgIpc) is 2.30. The van der Waals surface area contributed by atoms with Gasteiger partial charge in [0.25, 0.3) is 5.92 Å². The van der Waals surface area contributed by atoms with Crippen LogP contribution in [-0.4, -0.2) is 25.7 Å². The van der Waals surface area contributed by atoms with Crippen molar-refractivity contribution >= 4 is 5.97 Å². The highest BCUT2D eigenvalue weighted by Gasteiger charge is 2.30. The van der Waals surface area contributed by atoms with Gasteiger partial charge in [-0.25, -0.2) is 0 Å². The molecule has 0 heterocycles. The van der Waals surface area contributed by atoms with Gasteiger partial charge in [0.1, 0.15) is 0 Å². The molecule has 1 aromatic rings. The first-order valence-corrected chi connectivity index (χ1v) is 5.36. The van der Waals surface area contributed by atoms with Crippen LogP contribution in [0.3, 0.4) is 0 Å². The lowest BCUT2D eigenvalue weighted by atomic mass is 10.1. The molecule has 0 bridgehead atoms. The summed E-state index contributed by atoms with van der Waals surface area (Å²) in [6, 6.07) is 7.48. The maximum absolute atomic E-state index is 13.6. The van der Waals surface area contributed by atoms with E-state index >= 15 is 0 Å². The standard InChI is InChI=1S/C12H15F2NO2/c1-2-17-11(16)8-15-9-12(13,14)10-6-4-3-5-7-10/h3-7,15H,2,8-9H2,1H3. The smallest absolute Gasteiger partial charge is 0.319 e. The molecule has 0 aliphatic carbocycles. The summed E-state index contributed by atoms with van der Waals surface area (Å²) >= 11 is 0. The van der Waals surface area contributed by atoms with Gasteiger partial charge in [-0.3, -0.25) is 4.79 Å². The zero-order chi connectivity index (χ0) is 12.7. The first-order chi connectivity index (χ1) is 8.06. The van der Waals surface area contributed by atoms with Crippen LogP contribution in [-0.2, 0) is 15.5 Å². The highest BCUT2D eigenvalue weighted by atomic mass is 19.3. The molecule has 0 saturated carbocycles. The fourth-order valence-corrected chi connectivity index (χ4v) is 1.32. The second-order valence-corrected chi connectivity index (χ2v) is 3.48. The topological polar surface area (TPSA) is 38.3 Å². The first-order valence-electron chi connectivity index (χ1n) is 5.36. The fourth-order valence-electron chi connectivity index (χ4n) is 1.32. The van der Waals surface area contributed by atoms with E-state index in [0.717, 1.165) is 0 Å². The van der Waals surface area contributed by atoms with Gasteiger partial charge in [0.15, 0.2) is 0 Å². The number of hydrogen-bond acceptors (Lipinski definition) is 3. The highest BCUT2D eigenvalue weighted by Crippen LogP contribution is 2.26. The van der Waals surface area contributed by atoms with Crippen LogP contribution in [0.2, 0.25) is 0 Å². The van der Waals surface area contributed by atoms with Crippen molar-refractivity contribution in [2.24, 2.45) is 0 Å². The third-order valence-electron chi connectivity index (χ3n) is 2.12. The van der Waals surface area contributed by atoms with Crippen LogP contribution in [0.25, 0.3) is 0 Å². The predicted octanol–water partition coefficient (Wildman–Crippen LogP) is 1.93. The van der Waals surface area contributed by atoms with E-state index in [1.54, 1.807) is 25.1 Å². The van der Waals surface area contributed by atoms with Crippen molar-refractivity contribution in [1.82, 2.24) is 5.32 Å². The molecule has 0 radical (unpaired) electrons. The van der Waals surface area contributed by atoms with Gasteiger partial charge >= 0.3 is 5.97 Å². The van der Waals surface area contributed by atoms with Crippen LogP contribution >= 0.6 is 0 Å². The lowest BCUT2D eigenvalue weighted by Crippen LogP contribution is -2.34. The lowest BCUT2D eigenvalue weighted by Gasteiger charge is -2.17. The number of hydrogen-bond donors (Lipinski definition) is 1. The van der Waals surface area contributed by atoms with Crippen LogP contribution in [0.5, 0.6) is 0 Å². The van der Waals surface area contributed by atoms with Crippen LogP contribution in [0, 0.1) is 0 Å². The fraction of sp³-hybridized carbons (Fsp3) is 0.417. The Morgan fingerprint density at radius 1 is 1.35 bits per heavy atom. The van der Waals surface area contributed by atoms with E-state index < -0.39 is 18.4 Å². The minimum absolute atomic E-state index is 0.0728. The van der Waals surface area contributed by atoms with E-state index in [-0.39, 0.29) is 18.7 Å². The summed E-state index contributed by atoms with van der Waals surface area (Å²) in [6.07, 6.45) is 0. The molecular formula is C12H15F2NO2. The number of rotatable bonds is 6. The number of nitrogens with one attached hydrogen (secondary N) is 1. The van der Waals surface area contributed by atoms with Gasteiger partial charge in [0.05, 0.1) is 19.7 Å². The van der Waals surface area contributed by atoms with Crippen molar-refractivity contribution in [3.63, 3.8) is 0 Å². The molecule has 1 rings (SSSR count). The van der Waals surface area contributed by atoms with E-state index in [1.165, 1.54) is 12.1 Å². The number of ether oxygens (including phenoxy) is 1. The number of carbonyl (C=O) groups is 1. The normalized spacial score (nSPS) is 11.2. The van der Waals surface area contributed by atoms with Gasteiger partial charge < -0.3 is 10.1 Å². The third kappa shape index (κ3) is 4.48. The zero-order valence-electron chi connectivity index (χ0n) is 9.58. The van der Waals surface area contributed by atoms with Crippen molar-refractivity contribution in [1.29, 1.82) is 0 Å². The largest absolute Gasteiger partial charge is 0.465 e. The Kier molecular flexibility index (Phi) is 5.03. The molecule has 0 fully saturated rings. The molecule has 0 aliphatic rings. The molecule has 1 aromatic carbocycles. The van der Waals surface area contributed by atoms with E-state index in [9.17, 15) is 13.6 Å². The molecule has 17 heavy (non-hydrogen) atoms. The number of benzene rings is 1. The predicted molar refractivity (Wildman–Crippen MR) is 59.8 cm³/mol. The summed E-state index contributed by atoms with van der Waals surface area (Å²) in [7, 11) is 0. The van der Waals surface area contributed by atoms with Crippen LogP contribution in [0.15, 0.2) is 30.3 Å². The Hall–Kier alpha value is -1.49.